The number of imide groups is 1. The summed E-state index contributed by atoms with van der Waals surface area (Å²) in [6.07, 6.45) is 5.28. The Morgan fingerprint density at radius 2 is 1.97 bits per heavy atom. The third kappa shape index (κ3) is 4.36. The van der Waals surface area contributed by atoms with Crippen molar-refractivity contribution in [2.75, 3.05) is 6.54 Å². The summed E-state index contributed by atoms with van der Waals surface area (Å²) < 4.78 is 6.36. The molecule has 2 N–H and O–H groups in total. The lowest BCUT2D eigenvalue weighted by Crippen LogP contribution is -2.52. The number of ether oxygens (including phenoxy) is 1. The average Bonchev–Trinajstić information content (AvgIpc) is 3.03. The van der Waals surface area contributed by atoms with Gasteiger partial charge in [-0.3, -0.25) is 19.7 Å². The van der Waals surface area contributed by atoms with E-state index in [9.17, 15) is 14.4 Å². The number of fused-ring (bicyclic) bond motifs is 1. The van der Waals surface area contributed by atoms with E-state index in [1.807, 2.05) is 12.1 Å². The Labute approximate surface area is 177 Å². The monoisotopic (exact) mass is 413 g/mol. The van der Waals surface area contributed by atoms with Crippen LogP contribution < -0.4 is 15.4 Å². The van der Waals surface area contributed by atoms with Gasteiger partial charge in [0.15, 0.2) is 0 Å². The van der Waals surface area contributed by atoms with E-state index in [0.717, 1.165) is 37.1 Å². The number of hydrogen-bond donors (Lipinski definition) is 2. The molecule has 1 saturated carbocycles. The highest BCUT2D eigenvalue weighted by Gasteiger charge is 2.39. The van der Waals surface area contributed by atoms with E-state index in [4.69, 9.17) is 4.74 Å². The molecule has 7 heteroatoms. The topological polar surface area (TPSA) is 87.7 Å². The van der Waals surface area contributed by atoms with Gasteiger partial charge in [-0.1, -0.05) is 20.3 Å². The number of carbonyl (C=O) groups is 3. The highest BCUT2D eigenvalue weighted by Crippen LogP contribution is 2.32. The molecule has 2 heterocycles. The summed E-state index contributed by atoms with van der Waals surface area (Å²) in [5.41, 5.74) is 1.50. The number of nitrogens with zero attached hydrogens (tertiary/aromatic N) is 1. The standard InChI is InChI=1S/C23H31N3O4/c1-14(2)12-24-18-5-3-4-6-20(18)30-16-7-8-17-15(11-16)13-26(23(17)29)19-9-10-21(27)25-22(19)28/h7-8,11,14,18-20,24H,3-6,9-10,12-13H2,1-2H3,(H,25,27,28)/t18-,19?,20-/m0/s1. The molecule has 0 bridgehead atoms. The quantitative estimate of drug-likeness (QED) is 0.699. The van der Waals surface area contributed by atoms with E-state index in [2.05, 4.69) is 24.5 Å². The molecular weight excluding hydrogens is 382 g/mol. The first kappa shape index (κ1) is 20.8. The van der Waals surface area contributed by atoms with Crippen molar-refractivity contribution in [1.82, 2.24) is 15.5 Å². The fraction of sp³-hybridized carbons (Fsp3) is 0.609. The van der Waals surface area contributed by atoms with Gasteiger partial charge in [-0.05, 0) is 61.9 Å². The molecule has 7 nitrogen and oxygen atoms in total. The average molecular weight is 414 g/mol. The maximum atomic E-state index is 12.8. The van der Waals surface area contributed by atoms with Crippen LogP contribution in [-0.4, -0.2) is 47.4 Å². The van der Waals surface area contributed by atoms with Crippen molar-refractivity contribution in [2.24, 2.45) is 5.92 Å². The van der Waals surface area contributed by atoms with Gasteiger partial charge in [-0.2, -0.15) is 0 Å². The van der Waals surface area contributed by atoms with Gasteiger partial charge in [0.2, 0.25) is 11.8 Å². The Morgan fingerprint density at radius 1 is 1.17 bits per heavy atom. The molecular formula is C23H31N3O4. The van der Waals surface area contributed by atoms with E-state index in [1.54, 1.807) is 11.0 Å². The van der Waals surface area contributed by atoms with E-state index in [-0.39, 0.29) is 30.2 Å². The molecule has 4 rings (SSSR count). The van der Waals surface area contributed by atoms with Crippen LogP contribution in [0.1, 0.15) is 68.3 Å². The Morgan fingerprint density at radius 3 is 2.73 bits per heavy atom. The van der Waals surface area contributed by atoms with E-state index >= 15 is 0 Å². The van der Waals surface area contributed by atoms with Crippen LogP contribution in [0.4, 0.5) is 0 Å². The second-order valence-electron chi connectivity index (χ2n) is 9.07. The zero-order chi connectivity index (χ0) is 21.3. The fourth-order valence-electron chi connectivity index (χ4n) is 4.66. The number of benzene rings is 1. The third-order valence-electron chi connectivity index (χ3n) is 6.27. The summed E-state index contributed by atoms with van der Waals surface area (Å²) in [6.45, 7) is 5.76. The van der Waals surface area contributed by atoms with E-state index < -0.39 is 6.04 Å². The van der Waals surface area contributed by atoms with Gasteiger partial charge < -0.3 is 15.0 Å². The van der Waals surface area contributed by atoms with Gasteiger partial charge in [0.1, 0.15) is 17.9 Å². The van der Waals surface area contributed by atoms with Gasteiger partial charge in [0.25, 0.3) is 5.91 Å². The van der Waals surface area contributed by atoms with Crippen LogP contribution in [0, 0.1) is 5.92 Å². The minimum absolute atomic E-state index is 0.124. The summed E-state index contributed by atoms with van der Waals surface area (Å²) >= 11 is 0. The molecule has 162 valence electrons. The van der Waals surface area contributed by atoms with Gasteiger partial charge >= 0.3 is 0 Å². The SMILES string of the molecule is CC(C)CN[C@H]1CCCC[C@@H]1Oc1ccc2c(c1)CN(C1CCC(=O)NC1=O)C2=O. The van der Waals surface area contributed by atoms with Gasteiger partial charge in [-0.15, -0.1) is 0 Å². The Balaban J connectivity index is 1.44. The number of rotatable bonds is 6. The van der Waals surface area contributed by atoms with Crippen molar-refractivity contribution in [3.8, 4) is 5.75 Å². The van der Waals surface area contributed by atoms with Crippen molar-refractivity contribution >= 4 is 17.7 Å². The highest BCUT2D eigenvalue weighted by molar-refractivity contribution is 6.05. The van der Waals surface area contributed by atoms with Crippen molar-refractivity contribution in [2.45, 2.75) is 77.1 Å². The lowest BCUT2D eigenvalue weighted by Gasteiger charge is -2.33. The summed E-state index contributed by atoms with van der Waals surface area (Å²) in [7, 11) is 0. The van der Waals surface area contributed by atoms with Gasteiger partial charge in [0, 0.05) is 24.6 Å². The van der Waals surface area contributed by atoms with Crippen molar-refractivity contribution in [3.05, 3.63) is 29.3 Å². The second-order valence-corrected chi connectivity index (χ2v) is 9.07. The van der Waals surface area contributed by atoms with Crippen LogP contribution in [-0.2, 0) is 16.1 Å². The highest BCUT2D eigenvalue weighted by atomic mass is 16.5. The molecule has 0 aromatic heterocycles. The first-order valence-electron chi connectivity index (χ1n) is 11.1. The summed E-state index contributed by atoms with van der Waals surface area (Å²) in [6, 6.07) is 5.36. The smallest absolute Gasteiger partial charge is 0.255 e. The molecule has 1 unspecified atom stereocenters. The van der Waals surface area contributed by atoms with Crippen LogP contribution >= 0.6 is 0 Å². The lowest BCUT2D eigenvalue weighted by atomic mass is 9.92. The number of amides is 3. The van der Waals surface area contributed by atoms with Crippen molar-refractivity contribution < 1.29 is 19.1 Å². The van der Waals surface area contributed by atoms with Crippen LogP contribution in [0.25, 0.3) is 0 Å². The molecule has 3 amide bonds. The minimum atomic E-state index is -0.588. The Bertz CT molecular complexity index is 838. The fourth-order valence-corrected chi connectivity index (χ4v) is 4.66. The molecule has 1 saturated heterocycles. The number of nitrogens with one attached hydrogen (secondary N) is 2. The minimum Gasteiger partial charge on any atom is -0.489 e. The van der Waals surface area contributed by atoms with E-state index in [0.29, 0.717) is 30.5 Å². The van der Waals surface area contributed by atoms with Crippen LogP contribution in [0.15, 0.2) is 18.2 Å². The molecule has 0 radical (unpaired) electrons. The summed E-state index contributed by atoms with van der Waals surface area (Å²) in [4.78, 5) is 38.0. The zero-order valence-corrected chi connectivity index (χ0v) is 17.8. The molecule has 3 atom stereocenters. The predicted molar refractivity (Wildman–Crippen MR) is 112 cm³/mol. The maximum Gasteiger partial charge on any atom is 0.255 e. The molecule has 0 spiro atoms. The van der Waals surface area contributed by atoms with Gasteiger partial charge in [-0.25, -0.2) is 0 Å². The van der Waals surface area contributed by atoms with Crippen molar-refractivity contribution in [1.29, 1.82) is 0 Å². The molecule has 2 fully saturated rings. The lowest BCUT2D eigenvalue weighted by molar-refractivity contribution is -0.136. The van der Waals surface area contributed by atoms with E-state index in [1.165, 1.54) is 6.42 Å². The van der Waals surface area contributed by atoms with Gasteiger partial charge in [0.05, 0.1) is 0 Å². The Hall–Kier alpha value is -2.41. The van der Waals surface area contributed by atoms with Crippen molar-refractivity contribution in [3.63, 3.8) is 0 Å². The largest absolute Gasteiger partial charge is 0.489 e. The molecule has 1 aromatic carbocycles. The molecule has 1 aromatic rings. The van der Waals surface area contributed by atoms with Crippen LogP contribution in [0.5, 0.6) is 5.75 Å². The Kier molecular flexibility index (Phi) is 6.09. The number of piperidine rings is 1. The first-order valence-corrected chi connectivity index (χ1v) is 11.1. The number of hydrogen-bond acceptors (Lipinski definition) is 5. The molecule has 30 heavy (non-hydrogen) atoms. The molecule has 1 aliphatic carbocycles. The molecule has 2 aliphatic heterocycles. The first-order chi connectivity index (χ1) is 14.4. The number of carbonyl (C=O) groups excluding carboxylic acids is 3. The van der Waals surface area contributed by atoms with Crippen LogP contribution in [0.2, 0.25) is 0 Å². The second kappa shape index (κ2) is 8.76. The summed E-state index contributed by atoms with van der Waals surface area (Å²) in [5, 5.41) is 5.99. The summed E-state index contributed by atoms with van der Waals surface area (Å²) in [5.74, 6) is 0.557. The normalized spacial score (nSPS) is 26.7. The van der Waals surface area contributed by atoms with Crippen LogP contribution in [0.3, 0.4) is 0 Å². The third-order valence-corrected chi connectivity index (χ3v) is 6.27. The maximum absolute atomic E-state index is 12.8. The zero-order valence-electron chi connectivity index (χ0n) is 17.8. The molecule has 3 aliphatic rings. The predicted octanol–water partition coefficient (Wildman–Crippen LogP) is 2.38.